The van der Waals surface area contributed by atoms with Crippen LogP contribution in [-0.2, 0) is 11.3 Å². The summed E-state index contributed by atoms with van der Waals surface area (Å²) in [4.78, 5) is 24.3. The second kappa shape index (κ2) is 9.69. The third-order valence-corrected chi connectivity index (χ3v) is 5.54. The van der Waals surface area contributed by atoms with E-state index in [4.69, 9.17) is 16.3 Å². The minimum absolute atomic E-state index is 0.0500. The number of ether oxygens (including phenoxy) is 1. The van der Waals surface area contributed by atoms with Gasteiger partial charge in [0.15, 0.2) is 0 Å². The first kappa shape index (κ1) is 21.7. The fourth-order valence-electron chi connectivity index (χ4n) is 2.59. The maximum absolute atomic E-state index is 12.2. The van der Waals surface area contributed by atoms with E-state index < -0.39 is 5.97 Å². The highest BCUT2D eigenvalue weighted by Gasteiger charge is 2.11. The summed E-state index contributed by atoms with van der Waals surface area (Å²) in [7, 11) is 0. The molecular weight excluding hydrogens is 472 g/mol. The highest BCUT2D eigenvalue weighted by Crippen LogP contribution is 2.19. The normalized spacial score (nSPS) is 10.9. The van der Waals surface area contributed by atoms with Crippen molar-refractivity contribution < 1.29 is 14.3 Å². The van der Waals surface area contributed by atoms with Crippen molar-refractivity contribution in [3.8, 4) is 5.75 Å². The smallest absolute Gasteiger partial charge is 0.343 e. The van der Waals surface area contributed by atoms with E-state index in [0.29, 0.717) is 21.9 Å². The third-order valence-electron chi connectivity index (χ3n) is 4.14. The molecule has 0 saturated carbocycles. The maximum atomic E-state index is 12.2. The van der Waals surface area contributed by atoms with Crippen LogP contribution in [0, 0.1) is 13.8 Å². The Kier molecular flexibility index (Phi) is 7.02. The molecule has 30 heavy (non-hydrogen) atoms. The van der Waals surface area contributed by atoms with Crippen LogP contribution in [0.4, 0.5) is 0 Å². The number of carbonyl (C=O) groups excluding carboxylic acids is 2. The first-order valence-electron chi connectivity index (χ1n) is 8.92. The van der Waals surface area contributed by atoms with Gasteiger partial charge in [0, 0.05) is 5.02 Å². The molecule has 0 radical (unpaired) electrons. The van der Waals surface area contributed by atoms with Gasteiger partial charge in [-0.2, -0.15) is 10.2 Å². The molecule has 9 heteroatoms. The molecule has 0 fully saturated rings. The van der Waals surface area contributed by atoms with Crippen molar-refractivity contribution in [3.05, 3.63) is 80.5 Å². The Balaban J connectivity index is 1.58. The van der Waals surface area contributed by atoms with Crippen molar-refractivity contribution >= 4 is 45.6 Å². The second-order valence-corrected chi connectivity index (χ2v) is 7.63. The van der Waals surface area contributed by atoms with Crippen molar-refractivity contribution in [2.45, 2.75) is 20.4 Å². The summed E-state index contributed by atoms with van der Waals surface area (Å²) < 4.78 is 7.84. The Morgan fingerprint density at radius 3 is 2.63 bits per heavy atom. The zero-order valence-corrected chi connectivity index (χ0v) is 18.6. The van der Waals surface area contributed by atoms with Gasteiger partial charge in [0.2, 0.25) is 0 Å². The highest BCUT2D eigenvalue weighted by molar-refractivity contribution is 9.10. The van der Waals surface area contributed by atoms with Gasteiger partial charge in [-0.3, -0.25) is 9.48 Å². The zero-order chi connectivity index (χ0) is 21.7. The molecule has 1 aromatic heterocycles. The van der Waals surface area contributed by atoms with Gasteiger partial charge in [-0.1, -0.05) is 23.7 Å². The van der Waals surface area contributed by atoms with Crippen LogP contribution in [0.2, 0.25) is 5.02 Å². The lowest BCUT2D eigenvalue weighted by Gasteiger charge is -2.05. The molecule has 2 aromatic carbocycles. The predicted molar refractivity (Wildman–Crippen MR) is 118 cm³/mol. The summed E-state index contributed by atoms with van der Waals surface area (Å²) >= 11 is 9.25. The van der Waals surface area contributed by atoms with Gasteiger partial charge in [0.25, 0.3) is 5.91 Å². The van der Waals surface area contributed by atoms with Crippen molar-refractivity contribution in [3.63, 3.8) is 0 Å². The summed E-state index contributed by atoms with van der Waals surface area (Å²) in [5.41, 5.74) is 5.19. The molecule has 7 nitrogen and oxygen atoms in total. The molecule has 1 N–H and O–H groups in total. The summed E-state index contributed by atoms with van der Waals surface area (Å²) in [5.74, 6) is -0.447. The van der Waals surface area contributed by atoms with E-state index in [0.717, 1.165) is 15.9 Å². The number of hydrogen-bond donors (Lipinski definition) is 1. The molecule has 0 bridgehead atoms. The van der Waals surface area contributed by atoms with E-state index in [-0.39, 0.29) is 12.5 Å². The van der Waals surface area contributed by atoms with Gasteiger partial charge in [-0.15, -0.1) is 0 Å². The molecule has 3 rings (SSSR count). The van der Waals surface area contributed by atoms with Crippen LogP contribution in [0.1, 0.15) is 27.3 Å². The van der Waals surface area contributed by atoms with E-state index in [1.807, 2.05) is 13.8 Å². The van der Waals surface area contributed by atoms with Gasteiger partial charge in [-0.05, 0) is 71.7 Å². The van der Waals surface area contributed by atoms with Crippen molar-refractivity contribution in [1.82, 2.24) is 15.2 Å². The average Bonchev–Trinajstić information content (AvgIpc) is 2.95. The zero-order valence-electron chi connectivity index (χ0n) is 16.2. The largest absolute Gasteiger partial charge is 0.423 e. The Morgan fingerprint density at radius 2 is 1.97 bits per heavy atom. The molecule has 1 amide bonds. The number of esters is 1. The molecule has 0 unspecified atom stereocenters. The van der Waals surface area contributed by atoms with Crippen molar-refractivity contribution in [2.24, 2.45) is 5.10 Å². The minimum Gasteiger partial charge on any atom is -0.423 e. The quantitative estimate of drug-likeness (QED) is 0.242. The van der Waals surface area contributed by atoms with Gasteiger partial charge in [0.1, 0.15) is 12.3 Å². The SMILES string of the molecule is Cc1nn(CC(=O)N/N=C/c2cccc(OC(=O)c3ccc(Cl)cc3)c2)c(C)c1Br. The van der Waals surface area contributed by atoms with E-state index in [1.165, 1.54) is 6.21 Å². The number of aromatic nitrogens is 2. The summed E-state index contributed by atoms with van der Waals surface area (Å²) in [6.45, 7) is 3.78. The number of hydrazone groups is 1. The number of rotatable bonds is 6. The summed E-state index contributed by atoms with van der Waals surface area (Å²) in [5, 5.41) is 8.78. The fraction of sp³-hybridized carbons (Fsp3) is 0.143. The Morgan fingerprint density at radius 1 is 1.23 bits per heavy atom. The number of halogens is 2. The molecule has 1 heterocycles. The van der Waals surface area contributed by atoms with Gasteiger partial charge < -0.3 is 4.74 Å². The average molecular weight is 490 g/mol. The van der Waals surface area contributed by atoms with Crippen molar-refractivity contribution in [1.29, 1.82) is 0 Å². The molecule has 0 saturated heterocycles. The number of amides is 1. The Bertz CT molecular complexity index is 1110. The molecule has 0 aliphatic carbocycles. The standard InChI is InChI=1S/C21H18BrClN4O3/c1-13-20(22)14(2)27(26-13)12-19(28)25-24-11-15-4-3-5-18(10-15)30-21(29)16-6-8-17(23)9-7-16/h3-11H,12H2,1-2H3,(H,25,28)/b24-11+. The van der Waals surface area contributed by atoms with Gasteiger partial charge in [0.05, 0.1) is 27.6 Å². The first-order chi connectivity index (χ1) is 14.3. The molecule has 154 valence electrons. The Labute approximate surface area is 186 Å². The van der Waals surface area contributed by atoms with Crippen LogP contribution < -0.4 is 10.2 Å². The topological polar surface area (TPSA) is 85.6 Å². The number of nitrogens with one attached hydrogen (secondary N) is 1. The maximum Gasteiger partial charge on any atom is 0.343 e. The number of carbonyl (C=O) groups is 2. The predicted octanol–water partition coefficient (Wildman–Crippen LogP) is 4.29. The van der Waals surface area contributed by atoms with Crippen LogP contribution in [0.5, 0.6) is 5.75 Å². The third kappa shape index (κ3) is 5.55. The van der Waals surface area contributed by atoms with Gasteiger partial charge >= 0.3 is 5.97 Å². The number of aryl methyl sites for hydroxylation is 1. The summed E-state index contributed by atoms with van der Waals surface area (Å²) in [6.07, 6.45) is 1.47. The Hall–Kier alpha value is -2.97. The molecule has 0 spiro atoms. The van der Waals surface area contributed by atoms with Crippen LogP contribution in [-0.4, -0.2) is 27.9 Å². The summed E-state index contributed by atoms with van der Waals surface area (Å²) in [6, 6.07) is 13.2. The molecule has 0 aliphatic heterocycles. The first-order valence-corrected chi connectivity index (χ1v) is 10.1. The second-order valence-electron chi connectivity index (χ2n) is 6.40. The number of benzene rings is 2. The van der Waals surface area contributed by atoms with Crippen LogP contribution in [0.3, 0.4) is 0 Å². The number of nitrogens with zero attached hydrogens (tertiary/aromatic N) is 3. The van der Waals surface area contributed by atoms with Crippen LogP contribution in [0.15, 0.2) is 58.1 Å². The lowest BCUT2D eigenvalue weighted by Crippen LogP contribution is -2.24. The van der Waals surface area contributed by atoms with Crippen LogP contribution >= 0.6 is 27.5 Å². The van der Waals surface area contributed by atoms with Crippen molar-refractivity contribution in [2.75, 3.05) is 0 Å². The fourth-order valence-corrected chi connectivity index (χ4v) is 3.00. The molecular formula is C21H18BrClN4O3. The molecule has 3 aromatic rings. The van der Waals surface area contributed by atoms with E-state index in [1.54, 1.807) is 53.2 Å². The molecule has 0 atom stereocenters. The monoisotopic (exact) mass is 488 g/mol. The number of hydrogen-bond acceptors (Lipinski definition) is 5. The van der Waals surface area contributed by atoms with E-state index in [2.05, 4.69) is 31.6 Å². The lowest BCUT2D eigenvalue weighted by atomic mass is 10.2. The van der Waals surface area contributed by atoms with Crippen LogP contribution in [0.25, 0.3) is 0 Å². The molecule has 0 aliphatic rings. The minimum atomic E-state index is -0.495. The van der Waals surface area contributed by atoms with Gasteiger partial charge in [-0.25, -0.2) is 10.2 Å². The lowest BCUT2D eigenvalue weighted by molar-refractivity contribution is -0.121. The van der Waals surface area contributed by atoms with E-state index >= 15 is 0 Å². The van der Waals surface area contributed by atoms with E-state index in [9.17, 15) is 9.59 Å². The highest BCUT2D eigenvalue weighted by atomic mass is 79.9.